The van der Waals surface area contributed by atoms with Gasteiger partial charge in [0.1, 0.15) is 5.75 Å². The lowest BCUT2D eigenvalue weighted by Crippen LogP contribution is -2.32. The number of ether oxygens (including phenoxy) is 1. The fourth-order valence-electron chi connectivity index (χ4n) is 3.05. The Morgan fingerprint density at radius 2 is 1.70 bits per heavy atom. The first kappa shape index (κ1) is 19.4. The van der Waals surface area contributed by atoms with E-state index in [-0.39, 0.29) is 11.8 Å². The number of hydrogen-bond acceptors (Lipinski definition) is 5. The van der Waals surface area contributed by atoms with E-state index in [9.17, 15) is 9.59 Å². The number of hydrogen-bond donors (Lipinski definition) is 1. The van der Waals surface area contributed by atoms with Crippen molar-refractivity contribution in [3.63, 3.8) is 0 Å². The Kier molecular flexibility index (Phi) is 5.57. The molecule has 6 nitrogen and oxygen atoms in total. The van der Waals surface area contributed by atoms with Crippen LogP contribution in [0.2, 0.25) is 0 Å². The van der Waals surface area contributed by atoms with E-state index >= 15 is 0 Å². The number of nitrogens with zero attached hydrogens (tertiary/aromatic N) is 1. The Labute approximate surface area is 173 Å². The molecular weight excluding hydrogens is 380 g/mol. The van der Waals surface area contributed by atoms with Gasteiger partial charge in [-0.25, -0.2) is 9.78 Å². The third-order valence-corrected chi connectivity index (χ3v) is 4.62. The number of aromatic nitrogens is 1. The molecule has 0 saturated carbocycles. The average molecular weight is 400 g/mol. The van der Waals surface area contributed by atoms with Crippen LogP contribution >= 0.6 is 0 Å². The predicted octanol–water partition coefficient (Wildman–Crippen LogP) is 4.65. The van der Waals surface area contributed by atoms with Gasteiger partial charge in [-0.3, -0.25) is 4.79 Å². The summed E-state index contributed by atoms with van der Waals surface area (Å²) in [6.07, 6.45) is -0.0717. The minimum Gasteiger partial charge on any atom is -0.481 e. The van der Waals surface area contributed by atoms with E-state index in [0.29, 0.717) is 34.3 Å². The summed E-state index contributed by atoms with van der Waals surface area (Å²) in [6.45, 7) is 1.89. The highest BCUT2D eigenvalue weighted by Crippen LogP contribution is 2.21. The summed E-state index contributed by atoms with van der Waals surface area (Å²) in [5, 5.41) is 3.30. The second-order valence-electron chi connectivity index (χ2n) is 6.72. The van der Waals surface area contributed by atoms with Crippen LogP contribution in [0.3, 0.4) is 0 Å². The quantitative estimate of drug-likeness (QED) is 0.509. The average Bonchev–Trinajstić information content (AvgIpc) is 2.78. The van der Waals surface area contributed by atoms with Gasteiger partial charge in [0.2, 0.25) is 5.89 Å². The Hall–Kier alpha value is -3.93. The molecule has 4 aromatic rings. The summed E-state index contributed by atoms with van der Waals surface area (Å²) in [5.74, 6) is 0.646. The summed E-state index contributed by atoms with van der Waals surface area (Å²) in [4.78, 5) is 29.2. The van der Waals surface area contributed by atoms with Crippen LogP contribution in [0.1, 0.15) is 13.3 Å². The van der Waals surface area contributed by atoms with Crippen LogP contribution in [0.5, 0.6) is 5.75 Å². The molecule has 1 unspecified atom stereocenters. The van der Waals surface area contributed by atoms with Gasteiger partial charge < -0.3 is 14.5 Å². The zero-order valence-electron chi connectivity index (χ0n) is 16.4. The van der Waals surface area contributed by atoms with Gasteiger partial charge in [0.05, 0.1) is 10.9 Å². The van der Waals surface area contributed by atoms with Crippen LogP contribution in [0, 0.1) is 0 Å². The van der Waals surface area contributed by atoms with Gasteiger partial charge in [0.15, 0.2) is 6.10 Å². The molecule has 150 valence electrons. The van der Waals surface area contributed by atoms with Crippen molar-refractivity contribution >= 4 is 22.5 Å². The van der Waals surface area contributed by atoms with E-state index in [2.05, 4.69) is 10.3 Å². The molecule has 0 saturated heterocycles. The Balaban J connectivity index is 1.49. The van der Waals surface area contributed by atoms with Crippen molar-refractivity contribution in [2.24, 2.45) is 0 Å². The third-order valence-electron chi connectivity index (χ3n) is 4.62. The van der Waals surface area contributed by atoms with Gasteiger partial charge in [0.25, 0.3) is 5.91 Å². The summed E-state index contributed by atoms with van der Waals surface area (Å²) in [5.41, 5.74) is 1.40. The molecular formula is C24H20N2O4. The molecule has 30 heavy (non-hydrogen) atoms. The first-order valence-electron chi connectivity index (χ1n) is 9.67. The van der Waals surface area contributed by atoms with Crippen LogP contribution in [0.25, 0.3) is 22.4 Å². The van der Waals surface area contributed by atoms with Crippen molar-refractivity contribution in [3.05, 3.63) is 89.3 Å². The zero-order valence-corrected chi connectivity index (χ0v) is 16.4. The molecule has 1 amide bonds. The molecule has 1 aromatic heterocycles. The molecule has 0 aliphatic rings. The molecule has 1 heterocycles. The van der Waals surface area contributed by atoms with E-state index in [4.69, 9.17) is 9.15 Å². The maximum Gasteiger partial charge on any atom is 0.347 e. The van der Waals surface area contributed by atoms with Crippen LogP contribution in [-0.4, -0.2) is 17.0 Å². The highest BCUT2D eigenvalue weighted by molar-refractivity contribution is 5.94. The topological polar surface area (TPSA) is 81.4 Å². The number of carbonyl (C=O) groups is 1. The molecule has 6 heteroatoms. The number of benzene rings is 3. The molecule has 3 aromatic carbocycles. The van der Waals surface area contributed by atoms with Gasteiger partial charge in [-0.1, -0.05) is 37.3 Å². The summed E-state index contributed by atoms with van der Waals surface area (Å²) < 4.78 is 11.1. The molecule has 0 aliphatic heterocycles. The molecule has 1 N–H and O–H groups in total. The minimum atomic E-state index is -0.604. The number of amides is 1. The second kappa shape index (κ2) is 8.61. The van der Waals surface area contributed by atoms with E-state index in [1.165, 1.54) is 0 Å². The molecule has 4 rings (SSSR count). The Morgan fingerprint density at radius 3 is 2.43 bits per heavy atom. The van der Waals surface area contributed by atoms with Crippen molar-refractivity contribution in [1.82, 2.24) is 4.98 Å². The van der Waals surface area contributed by atoms with Crippen LogP contribution < -0.4 is 15.7 Å². The fourth-order valence-corrected chi connectivity index (χ4v) is 3.05. The van der Waals surface area contributed by atoms with Gasteiger partial charge in [-0.05, 0) is 55.0 Å². The lowest BCUT2D eigenvalue weighted by Gasteiger charge is -2.17. The molecule has 0 bridgehead atoms. The number of nitrogens with one attached hydrogen (secondary N) is 1. The van der Waals surface area contributed by atoms with E-state index in [1.54, 1.807) is 42.5 Å². The zero-order chi connectivity index (χ0) is 20.9. The maximum atomic E-state index is 12.6. The van der Waals surface area contributed by atoms with Crippen LogP contribution in [0.15, 0.2) is 88.1 Å². The summed E-state index contributed by atoms with van der Waals surface area (Å²) in [6, 6.07) is 23.2. The minimum absolute atomic E-state index is 0.232. The molecule has 0 radical (unpaired) electrons. The lowest BCUT2D eigenvalue weighted by molar-refractivity contribution is -0.122. The number of fused-ring (bicyclic) bond motifs is 1. The number of carbonyl (C=O) groups excluding carboxylic acids is 1. The Bertz CT molecular complexity index is 1220. The first-order chi connectivity index (χ1) is 14.6. The highest BCUT2D eigenvalue weighted by Gasteiger charge is 2.18. The van der Waals surface area contributed by atoms with Gasteiger partial charge in [-0.2, -0.15) is 0 Å². The lowest BCUT2D eigenvalue weighted by atomic mass is 10.2. The monoisotopic (exact) mass is 400 g/mol. The van der Waals surface area contributed by atoms with Crippen molar-refractivity contribution in [2.45, 2.75) is 19.4 Å². The van der Waals surface area contributed by atoms with E-state index < -0.39 is 11.7 Å². The van der Waals surface area contributed by atoms with Gasteiger partial charge >= 0.3 is 5.63 Å². The van der Waals surface area contributed by atoms with Gasteiger partial charge in [0, 0.05) is 11.3 Å². The summed E-state index contributed by atoms with van der Waals surface area (Å²) in [7, 11) is 0. The molecule has 0 spiro atoms. The fraction of sp³-hybridized carbons (Fsp3) is 0.125. The number of anilines is 1. The van der Waals surface area contributed by atoms with Crippen molar-refractivity contribution < 1.29 is 13.9 Å². The maximum absolute atomic E-state index is 12.6. The van der Waals surface area contributed by atoms with Crippen molar-refractivity contribution in [3.8, 4) is 17.2 Å². The van der Waals surface area contributed by atoms with Gasteiger partial charge in [-0.15, -0.1) is 0 Å². The standard InChI is InChI=1S/C24H20N2O4/c1-2-21(29-18-8-4-3-5-9-18)22(27)25-17-14-12-16(13-15-17)23-26-20-11-7-6-10-19(20)24(28)30-23/h3-15,21H,2H2,1H3,(H,25,27). The molecule has 0 fully saturated rings. The number of para-hydroxylation sites is 2. The second-order valence-corrected chi connectivity index (χ2v) is 6.72. The number of rotatable bonds is 6. The van der Waals surface area contributed by atoms with E-state index in [1.807, 2.05) is 43.3 Å². The van der Waals surface area contributed by atoms with E-state index in [0.717, 1.165) is 0 Å². The van der Waals surface area contributed by atoms with Crippen molar-refractivity contribution in [1.29, 1.82) is 0 Å². The smallest absolute Gasteiger partial charge is 0.347 e. The SMILES string of the molecule is CCC(Oc1ccccc1)C(=O)Nc1ccc(-c2nc3ccccc3c(=O)o2)cc1. The Morgan fingerprint density at radius 1 is 1.00 bits per heavy atom. The molecule has 1 atom stereocenters. The highest BCUT2D eigenvalue weighted by atomic mass is 16.5. The van der Waals surface area contributed by atoms with Crippen LogP contribution in [-0.2, 0) is 4.79 Å². The predicted molar refractivity (Wildman–Crippen MR) is 115 cm³/mol. The molecule has 0 aliphatic carbocycles. The first-order valence-corrected chi connectivity index (χ1v) is 9.67. The summed E-state index contributed by atoms with van der Waals surface area (Å²) >= 11 is 0. The third kappa shape index (κ3) is 4.22. The van der Waals surface area contributed by atoms with Crippen molar-refractivity contribution in [2.75, 3.05) is 5.32 Å². The largest absolute Gasteiger partial charge is 0.481 e. The van der Waals surface area contributed by atoms with Crippen LogP contribution in [0.4, 0.5) is 5.69 Å². The normalized spacial score (nSPS) is 11.8.